The van der Waals surface area contributed by atoms with Crippen LogP contribution in [0.25, 0.3) is 0 Å². The fraction of sp³-hybridized carbons (Fsp3) is 0.176. The van der Waals surface area contributed by atoms with Gasteiger partial charge in [0.1, 0.15) is 0 Å². The molecule has 0 saturated carbocycles. The number of nitrogens with zero attached hydrogens (tertiary/aromatic N) is 3. The first-order valence-corrected chi connectivity index (χ1v) is 9.86. The summed E-state index contributed by atoms with van der Waals surface area (Å²) in [6.07, 6.45) is 0. The van der Waals surface area contributed by atoms with Gasteiger partial charge in [0.2, 0.25) is 0 Å². The van der Waals surface area contributed by atoms with Crippen molar-refractivity contribution in [2.45, 2.75) is 5.75 Å². The highest BCUT2D eigenvalue weighted by Crippen LogP contribution is 2.29. The maximum absolute atomic E-state index is 12.9. The van der Waals surface area contributed by atoms with Crippen molar-refractivity contribution in [1.82, 2.24) is 4.90 Å². The molecule has 0 aliphatic carbocycles. The zero-order valence-corrected chi connectivity index (χ0v) is 16.8. The summed E-state index contributed by atoms with van der Waals surface area (Å²) in [4.78, 5) is 29.1. The molecule has 1 aliphatic rings. The average Bonchev–Trinajstić information content (AvgIpc) is 3.09. The molecule has 0 fully saturated rings. The molecule has 10 heteroatoms. The number of nitro benzene ring substituents is 1. The van der Waals surface area contributed by atoms with Gasteiger partial charge in [-0.2, -0.15) is 0 Å². The van der Waals surface area contributed by atoms with Crippen molar-refractivity contribution in [3.63, 3.8) is 0 Å². The Bertz CT molecular complexity index is 952. The lowest BCUT2D eigenvalue weighted by Gasteiger charge is -2.18. The van der Waals surface area contributed by atoms with E-state index in [1.54, 1.807) is 12.1 Å². The molecule has 0 unspecified atom stereocenters. The fourth-order valence-electron chi connectivity index (χ4n) is 2.46. The Morgan fingerprint density at radius 2 is 1.96 bits per heavy atom. The van der Waals surface area contributed by atoms with Crippen LogP contribution in [0.3, 0.4) is 0 Å². The predicted molar refractivity (Wildman–Crippen MR) is 109 cm³/mol. The van der Waals surface area contributed by atoms with Gasteiger partial charge in [-0.3, -0.25) is 24.8 Å². The monoisotopic (exact) mass is 443 g/mol. The number of aliphatic imine (C=N–C) groups is 1. The summed E-state index contributed by atoms with van der Waals surface area (Å²) < 4.78 is 0. The first-order chi connectivity index (χ1) is 12.9. The van der Waals surface area contributed by atoms with E-state index in [1.165, 1.54) is 34.9 Å². The van der Waals surface area contributed by atoms with Gasteiger partial charge in [0, 0.05) is 34.5 Å². The maximum atomic E-state index is 12.9. The Balaban J connectivity index is 1.77. The Kier molecular flexibility index (Phi) is 6.26. The molecule has 0 N–H and O–H groups in total. The van der Waals surface area contributed by atoms with Gasteiger partial charge >= 0.3 is 0 Å². The summed E-state index contributed by atoms with van der Waals surface area (Å²) in [7, 11) is 0. The molecular weight excluding hydrogens is 433 g/mol. The molecule has 1 aliphatic heterocycles. The van der Waals surface area contributed by atoms with Crippen LogP contribution in [-0.2, 0) is 5.75 Å². The van der Waals surface area contributed by atoms with Crippen LogP contribution in [-0.4, -0.2) is 34.0 Å². The lowest BCUT2D eigenvalue weighted by Crippen LogP contribution is -2.33. The number of hydrogen-bond donors (Lipinski definition) is 0. The Labute approximate surface area is 174 Å². The fourth-order valence-corrected chi connectivity index (χ4v) is 4.26. The van der Waals surface area contributed by atoms with Gasteiger partial charge in [0.25, 0.3) is 11.6 Å². The van der Waals surface area contributed by atoms with Gasteiger partial charge in [-0.25, -0.2) is 0 Å². The number of amidine groups is 1. The molecule has 0 aromatic heterocycles. The molecule has 1 heterocycles. The molecule has 27 heavy (non-hydrogen) atoms. The highest BCUT2D eigenvalue weighted by molar-refractivity contribution is 8.13. The van der Waals surface area contributed by atoms with E-state index in [1.807, 2.05) is 6.07 Å². The van der Waals surface area contributed by atoms with Crippen molar-refractivity contribution < 1.29 is 9.72 Å². The van der Waals surface area contributed by atoms with E-state index in [0.717, 1.165) is 5.56 Å². The van der Waals surface area contributed by atoms with E-state index in [-0.39, 0.29) is 16.3 Å². The number of carbonyl (C=O) groups excluding carboxylic acids is 1. The molecule has 0 spiro atoms. The van der Waals surface area contributed by atoms with Crippen LogP contribution in [0.5, 0.6) is 0 Å². The van der Waals surface area contributed by atoms with Crippen molar-refractivity contribution >= 4 is 63.3 Å². The smallest absolute Gasteiger partial charge is 0.270 e. The third kappa shape index (κ3) is 4.55. The first kappa shape index (κ1) is 19.9. The minimum Gasteiger partial charge on any atom is -0.286 e. The number of benzene rings is 2. The molecule has 3 rings (SSSR count). The van der Waals surface area contributed by atoms with E-state index in [9.17, 15) is 14.9 Å². The second-order valence-corrected chi connectivity index (χ2v) is 7.76. The summed E-state index contributed by atoms with van der Waals surface area (Å²) in [6.45, 7) is 0.837. The average molecular weight is 445 g/mol. The summed E-state index contributed by atoms with van der Waals surface area (Å²) in [6, 6.07) is 9.00. The number of amides is 1. The van der Waals surface area contributed by atoms with Crippen LogP contribution in [0, 0.1) is 10.1 Å². The molecule has 0 radical (unpaired) electrons. The molecule has 2 aromatic rings. The highest BCUT2D eigenvalue weighted by Gasteiger charge is 2.28. The van der Waals surface area contributed by atoms with Crippen LogP contribution in [0.15, 0.2) is 41.4 Å². The number of non-ortho nitro benzene ring substituents is 1. The molecule has 140 valence electrons. The second-order valence-electron chi connectivity index (χ2n) is 5.57. The summed E-state index contributed by atoms with van der Waals surface area (Å²) in [5.41, 5.74) is 0.744. The molecule has 0 atom stereocenters. The SMILES string of the molecule is O=C(c1cc([N+](=O)[O-])ccc1Cl)N1CCN=C1SCc1ccc(Cl)cc1Cl. The predicted octanol–water partition coefficient (Wildman–Crippen LogP) is 5.30. The number of hydrogen-bond acceptors (Lipinski definition) is 5. The summed E-state index contributed by atoms with van der Waals surface area (Å²) >= 11 is 19.5. The van der Waals surface area contributed by atoms with Crippen LogP contribution in [0.4, 0.5) is 5.69 Å². The molecule has 0 bridgehead atoms. The zero-order valence-electron chi connectivity index (χ0n) is 13.7. The first-order valence-electron chi connectivity index (χ1n) is 7.74. The molecule has 2 aromatic carbocycles. The van der Waals surface area contributed by atoms with Gasteiger partial charge in [-0.1, -0.05) is 52.6 Å². The normalized spacial score (nSPS) is 13.6. The van der Waals surface area contributed by atoms with E-state index >= 15 is 0 Å². The number of thioether (sulfide) groups is 1. The summed E-state index contributed by atoms with van der Waals surface area (Å²) in [5.74, 6) is 0.0797. The van der Waals surface area contributed by atoms with Crippen LogP contribution < -0.4 is 0 Å². The third-order valence-corrected chi connectivity index (χ3v) is 5.79. The van der Waals surface area contributed by atoms with Crippen molar-refractivity contribution in [3.05, 3.63) is 72.7 Å². The lowest BCUT2D eigenvalue weighted by molar-refractivity contribution is -0.384. The maximum Gasteiger partial charge on any atom is 0.270 e. The van der Waals surface area contributed by atoms with Gasteiger partial charge in [-0.05, 0) is 23.8 Å². The van der Waals surface area contributed by atoms with E-state index in [4.69, 9.17) is 34.8 Å². The van der Waals surface area contributed by atoms with Crippen LogP contribution in [0.1, 0.15) is 15.9 Å². The molecule has 0 saturated heterocycles. The molecular formula is C17H12Cl3N3O3S. The number of carbonyl (C=O) groups is 1. The van der Waals surface area contributed by atoms with Gasteiger partial charge in [0.15, 0.2) is 5.17 Å². The Hall–Kier alpha value is -1.80. The standard InChI is InChI=1S/C17H12Cl3N3O3S/c18-11-2-1-10(15(20)7-11)9-27-17-21-5-6-22(17)16(24)13-8-12(23(25)26)3-4-14(13)19/h1-4,7-8H,5-6,9H2. The van der Waals surface area contributed by atoms with Crippen LogP contribution >= 0.6 is 46.6 Å². The van der Waals surface area contributed by atoms with Crippen molar-refractivity contribution in [2.24, 2.45) is 4.99 Å². The van der Waals surface area contributed by atoms with Crippen LogP contribution in [0.2, 0.25) is 15.1 Å². The Morgan fingerprint density at radius 1 is 1.19 bits per heavy atom. The zero-order chi connectivity index (χ0) is 19.6. The highest BCUT2D eigenvalue weighted by atomic mass is 35.5. The number of halogens is 3. The van der Waals surface area contributed by atoms with Gasteiger partial charge in [-0.15, -0.1) is 0 Å². The topological polar surface area (TPSA) is 75.8 Å². The summed E-state index contributed by atoms with van der Waals surface area (Å²) in [5, 5.41) is 12.7. The van der Waals surface area contributed by atoms with Gasteiger partial charge in [0.05, 0.1) is 22.1 Å². The number of nitro groups is 1. The largest absolute Gasteiger partial charge is 0.286 e. The Morgan fingerprint density at radius 3 is 2.67 bits per heavy atom. The van der Waals surface area contributed by atoms with Gasteiger partial charge < -0.3 is 0 Å². The quantitative estimate of drug-likeness (QED) is 0.473. The lowest BCUT2D eigenvalue weighted by atomic mass is 10.2. The molecule has 6 nitrogen and oxygen atoms in total. The van der Waals surface area contributed by atoms with E-state index in [0.29, 0.717) is 34.1 Å². The second kappa shape index (κ2) is 8.48. The minimum atomic E-state index is -0.566. The third-order valence-electron chi connectivity index (χ3n) is 3.81. The number of rotatable bonds is 4. The van der Waals surface area contributed by atoms with Crippen molar-refractivity contribution in [3.8, 4) is 0 Å². The minimum absolute atomic E-state index is 0.0746. The van der Waals surface area contributed by atoms with E-state index in [2.05, 4.69) is 4.99 Å². The molecule has 1 amide bonds. The van der Waals surface area contributed by atoms with Crippen molar-refractivity contribution in [1.29, 1.82) is 0 Å². The van der Waals surface area contributed by atoms with Crippen molar-refractivity contribution in [2.75, 3.05) is 13.1 Å². The van der Waals surface area contributed by atoms with E-state index < -0.39 is 10.8 Å².